The van der Waals surface area contributed by atoms with Gasteiger partial charge in [-0.3, -0.25) is 14.4 Å². The topological polar surface area (TPSA) is 162 Å². The number of rotatable bonds is 9. The molecule has 1 aliphatic heterocycles. The molecule has 3 atom stereocenters. The molecule has 1 saturated heterocycles. The molecule has 3 amide bonds. The van der Waals surface area contributed by atoms with E-state index < -0.39 is 54.0 Å². The lowest BCUT2D eigenvalue weighted by Crippen LogP contribution is -2.55. The van der Waals surface area contributed by atoms with E-state index in [0.717, 1.165) is 0 Å². The highest BCUT2D eigenvalue weighted by Crippen LogP contribution is 2.21. The van der Waals surface area contributed by atoms with Crippen LogP contribution in [-0.2, 0) is 23.9 Å². The molecule has 0 spiro atoms. The summed E-state index contributed by atoms with van der Waals surface area (Å²) < 4.78 is 5.27. The van der Waals surface area contributed by atoms with Gasteiger partial charge in [-0.2, -0.15) is 0 Å². The Bertz CT molecular complexity index is 710. The lowest BCUT2D eigenvalue weighted by atomic mass is 9.93. The number of hydrogen-bond acceptors (Lipinski definition) is 6. The van der Waals surface area contributed by atoms with Gasteiger partial charge in [0.2, 0.25) is 11.8 Å². The molecule has 1 fully saturated rings. The number of carboxylic acid groups (broad SMARTS) is 2. The van der Waals surface area contributed by atoms with Crippen molar-refractivity contribution in [3.8, 4) is 0 Å². The van der Waals surface area contributed by atoms with Gasteiger partial charge < -0.3 is 30.5 Å². The van der Waals surface area contributed by atoms with Gasteiger partial charge in [0.25, 0.3) is 0 Å². The van der Waals surface area contributed by atoms with Crippen LogP contribution in [0.5, 0.6) is 0 Å². The van der Waals surface area contributed by atoms with Crippen LogP contribution in [-0.4, -0.2) is 75.7 Å². The first-order chi connectivity index (χ1) is 14.7. The maximum atomic E-state index is 13.1. The van der Waals surface area contributed by atoms with E-state index in [9.17, 15) is 24.0 Å². The quantitative estimate of drug-likeness (QED) is 0.401. The van der Waals surface area contributed by atoms with Crippen LogP contribution >= 0.6 is 0 Å². The van der Waals surface area contributed by atoms with Gasteiger partial charge in [0.1, 0.15) is 17.7 Å². The Hall–Kier alpha value is -2.85. The van der Waals surface area contributed by atoms with Crippen LogP contribution in [0.2, 0.25) is 0 Å². The van der Waals surface area contributed by atoms with Crippen LogP contribution in [0.4, 0.5) is 4.79 Å². The minimum absolute atomic E-state index is 0.136. The summed E-state index contributed by atoms with van der Waals surface area (Å²) in [4.78, 5) is 61.2. The normalized spacial score (nSPS) is 17.6. The summed E-state index contributed by atoms with van der Waals surface area (Å²) in [6, 6.07) is -2.28. The number of hydrogen-bond donors (Lipinski definition) is 4. The number of amides is 3. The van der Waals surface area contributed by atoms with Crippen molar-refractivity contribution in [1.29, 1.82) is 0 Å². The average molecular weight is 458 g/mol. The Labute approximate surface area is 187 Å². The summed E-state index contributed by atoms with van der Waals surface area (Å²) in [6.07, 6.45) is -0.132. The zero-order valence-corrected chi connectivity index (χ0v) is 19.3. The number of carbonyl (C=O) groups is 5. The van der Waals surface area contributed by atoms with E-state index in [-0.39, 0.29) is 24.9 Å². The number of ether oxygens (including phenoxy) is 1. The largest absolute Gasteiger partial charge is 0.481 e. The van der Waals surface area contributed by atoms with Gasteiger partial charge in [-0.15, -0.1) is 0 Å². The fourth-order valence-corrected chi connectivity index (χ4v) is 3.34. The molecule has 1 aliphatic rings. The molecule has 11 heteroatoms. The van der Waals surface area contributed by atoms with Crippen LogP contribution in [0, 0.1) is 11.8 Å². The molecule has 182 valence electrons. The molecule has 0 saturated carbocycles. The first-order valence-electron chi connectivity index (χ1n) is 10.8. The van der Waals surface area contributed by atoms with Crippen molar-refractivity contribution in [3.63, 3.8) is 0 Å². The second-order valence-electron chi connectivity index (χ2n) is 9.11. The van der Waals surface area contributed by atoms with Crippen molar-refractivity contribution in [2.45, 2.75) is 78.0 Å². The minimum atomic E-state index is -1.51. The molecule has 32 heavy (non-hydrogen) atoms. The Kier molecular flexibility index (Phi) is 9.92. The van der Waals surface area contributed by atoms with E-state index >= 15 is 0 Å². The second kappa shape index (κ2) is 11.7. The molecule has 11 nitrogen and oxygen atoms in total. The van der Waals surface area contributed by atoms with Gasteiger partial charge in [0.15, 0.2) is 0 Å². The van der Waals surface area contributed by atoms with Crippen LogP contribution < -0.4 is 10.6 Å². The zero-order chi connectivity index (χ0) is 24.6. The van der Waals surface area contributed by atoms with E-state index in [2.05, 4.69) is 10.6 Å². The van der Waals surface area contributed by atoms with Crippen LogP contribution in [0.15, 0.2) is 0 Å². The van der Waals surface area contributed by atoms with Gasteiger partial charge in [-0.25, -0.2) is 9.59 Å². The summed E-state index contributed by atoms with van der Waals surface area (Å²) in [5, 5.41) is 22.8. The van der Waals surface area contributed by atoms with Crippen molar-refractivity contribution in [2.75, 3.05) is 13.1 Å². The van der Waals surface area contributed by atoms with Gasteiger partial charge in [0.05, 0.1) is 6.42 Å². The van der Waals surface area contributed by atoms with Crippen molar-refractivity contribution < 1.29 is 38.9 Å². The van der Waals surface area contributed by atoms with Gasteiger partial charge in [-0.05, 0) is 39.5 Å². The maximum absolute atomic E-state index is 13.1. The first kappa shape index (κ1) is 27.2. The highest BCUT2D eigenvalue weighted by atomic mass is 16.6. The Morgan fingerprint density at radius 1 is 1.06 bits per heavy atom. The van der Waals surface area contributed by atoms with Crippen LogP contribution in [0.25, 0.3) is 0 Å². The predicted octanol–water partition coefficient (Wildman–Crippen LogP) is 1.21. The molecule has 1 heterocycles. The standard InChI is InChI=1S/C21H35N3O8/c1-6-12(2)16(23-20(31)32-21(3,4)5)18(28)24-9-7-13(8-10-24)17(27)22-14(19(29)30)11-15(25)26/h12-14,16H,6-11H2,1-5H3,(H,22,27)(H,23,31)(H,25,26)(H,29,30). The molecule has 0 aliphatic carbocycles. The smallest absolute Gasteiger partial charge is 0.408 e. The second-order valence-corrected chi connectivity index (χ2v) is 9.11. The summed E-state index contributed by atoms with van der Waals surface area (Å²) in [5.41, 5.74) is -0.701. The SMILES string of the molecule is CCC(C)C(NC(=O)OC(C)(C)C)C(=O)N1CCC(C(=O)NC(CC(=O)O)C(=O)O)CC1. The third kappa shape index (κ3) is 8.72. The summed E-state index contributed by atoms with van der Waals surface area (Å²) in [6.45, 7) is 9.48. The number of likely N-dealkylation sites (tertiary alicyclic amines) is 1. The zero-order valence-electron chi connectivity index (χ0n) is 19.3. The molecular weight excluding hydrogens is 422 g/mol. The Morgan fingerprint density at radius 3 is 2.06 bits per heavy atom. The highest BCUT2D eigenvalue weighted by Gasteiger charge is 2.35. The van der Waals surface area contributed by atoms with Gasteiger partial charge in [0, 0.05) is 19.0 Å². The maximum Gasteiger partial charge on any atom is 0.408 e. The van der Waals surface area contributed by atoms with Crippen molar-refractivity contribution in [1.82, 2.24) is 15.5 Å². The number of piperidine rings is 1. The molecule has 4 N–H and O–H groups in total. The van der Waals surface area contributed by atoms with Crippen molar-refractivity contribution in [2.24, 2.45) is 11.8 Å². The van der Waals surface area contributed by atoms with Crippen LogP contribution in [0.3, 0.4) is 0 Å². The van der Waals surface area contributed by atoms with E-state index in [1.165, 1.54) is 0 Å². The molecule has 0 radical (unpaired) electrons. The number of nitrogens with one attached hydrogen (secondary N) is 2. The Morgan fingerprint density at radius 2 is 1.62 bits per heavy atom. The number of carbonyl (C=O) groups excluding carboxylic acids is 3. The predicted molar refractivity (Wildman–Crippen MR) is 114 cm³/mol. The third-order valence-electron chi connectivity index (χ3n) is 5.32. The molecule has 0 aromatic carbocycles. The lowest BCUT2D eigenvalue weighted by Gasteiger charge is -2.35. The molecule has 0 bridgehead atoms. The van der Waals surface area contributed by atoms with Crippen LogP contribution in [0.1, 0.15) is 60.3 Å². The van der Waals surface area contributed by atoms with Crippen molar-refractivity contribution >= 4 is 29.8 Å². The summed E-state index contributed by atoms with van der Waals surface area (Å²) >= 11 is 0. The van der Waals surface area contributed by atoms with Gasteiger partial charge in [-0.1, -0.05) is 20.3 Å². The van der Waals surface area contributed by atoms with E-state index in [4.69, 9.17) is 14.9 Å². The minimum Gasteiger partial charge on any atom is -0.481 e. The number of aliphatic carboxylic acids is 2. The van der Waals surface area contributed by atoms with Gasteiger partial charge >= 0.3 is 18.0 Å². The van der Waals surface area contributed by atoms with Crippen molar-refractivity contribution in [3.05, 3.63) is 0 Å². The summed E-state index contributed by atoms with van der Waals surface area (Å²) in [5.74, 6) is -4.22. The molecule has 0 aromatic rings. The highest BCUT2D eigenvalue weighted by molar-refractivity contribution is 5.88. The molecule has 1 rings (SSSR count). The summed E-state index contributed by atoms with van der Waals surface area (Å²) in [7, 11) is 0. The molecular formula is C21H35N3O8. The molecule has 3 unspecified atom stereocenters. The van der Waals surface area contributed by atoms with E-state index in [1.807, 2.05) is 13.8 Å². The number of nitrogens with zero attached hydrogens (tertiary/aromatic N) is 1. The molecule has 0 aromatic heterocycles. The lowest BCUT2D eigenvalue weighted by molar-refractivity contribution is -0.148. The third-order valence-corrected chi connectivity index (χ3v) is 5.32. The first-order valence-corrected chi connectivity index (χ1v) is 10.8. The average Bonchev–Trinajstić information content (AvgIpc) is 2.68. The van der Waals surface area contributed by atoms with E-state index in [1.54, 1.807) is 25.7 Å². The number of carboxylic acids is 2. The number of alkyl carbamates (subject to hydrolysis) is 1. The Balaban J connectivity index is 2.72. The monoisotopic (exact) mass is 457 g/mol. The fourth-order valence-electron chi connectivity index (χ4n) is 3.34. The fraction of sp³-hybridized carbons (Fsp3) is 0.762. The van der Waals surface area contributed by atoms with E-state index in [0.29, 0.717) is 19.3 Å².